The summed E-state index contributed by atoms with van der Waals surface area (Å²) in [6, 6.07) is 0. The maximum Gasteiger partial charge on any atom is 0.187 e. The Hall–Kier alpha value is -1.12. The van der Waals surface area contributed by atoms with Gasteiger partial charge in [-0.2, -0.15) is 0 Å². The van der Waals surface area contributed by atoms with E-state index in [0.29, 0.717) is 0 Å². The van der Waals surface area contributed by atoms with Gasteiger partial charge in [-0.15, -0.1) is 0 Å². The maximum atomic E-state index is 11.7. The zero-order valence-electron chi connectivity index (χ0n) is 38.4. The Kier molecular flexibility index (Phi) is 19.6. The number of aliphatic hydroxyl groups is 17. The molecule has 0 aromatic carbocycles. The first kappa shape index (κ1) is 57.2. The van der Waals surface area contributed by atoms with E-state index in [-0.39, 0.29) is 0 Å². The molecule has 0 amide bonds. The molecule has 28 heteroatoms. The second-order valence-corrected chi connectivity index (χ2v) is 19.5. The summed E-state index contributed by atoms with van der Waals surface area (Å²) < 4.78 is 63.9. The minimum atomic E-state index is -2.08. The van der Waals surface area contributed by atoms with Crippen molar-refractivity contribution in [3.05, 3.63) is 0 Å². The molecule has 12 unspecified atom stereocenters. The van der Waals surface area contributed by atoms with E-state index in [1.807, 2.05) is 0 Å². The molecule has 6 aliphatic rings. The van der Waals surface area contributed by atoms with Crippen LogP contribution in [0.4, 0.5) is 0 Å². The summed E-state index contributed by atoms with van der Waals surface area (Å²) in [6.45, 7) is 3.60. The van der Waals surface area contributed by atoms with E-state index in [1.54, 1.807) is 20.8 Å². The van der Waals surface area contributed by atoms with Crippen molar-refractivity contribution >= 4 is 0 Å². The molecule has 28 nitrogen and oxygen atoms in total. The first-order chi connectivity index (χ1) is 32.4. The van der Waals surface area contributed by atoms with Crippen molar-refractivity contribution in [2.24, 2.45) is 11.3 Å². The minimum Gasteiger partial charge on any atom is -0.394 e. The predicted octanol–water partition coefficient (Wildman–Crippen LogP) is -9.70. The lowest BCUT2D eigenvalue weighted by Gasteiger charge is -2.51. The van der Waals surface area contributed by atoms with Crippen molar-refractivity contribution < 1.29 is 139 Å². The molecule has 30 atom stereocenters. The van der Waals surface area contributed by atoms with E-state index < -0.39 is 222 Å². The molecule has 0 radical (unpaired) electrons. The van der Waals surface area contributed by atoms with Crippen LogP contribution in [0, 0.1) is 11.3 Å². The lowest BCUT2D eigenvalue weighted by Crippen LogP contribution is -2.68. The standard InChI is InChI=1S/C41H72O28/c1-11-30(65-40-34(23(52)19(48)13(6-42)63-40)69-37-27(56)22(51)18(47)12(2)59-37)20(49)14(7-43)61-36(11)68-33-21(50)15(8-44)62-39(29(33)58)67-32-17(10-46)64-38(28(57)25(32)54)66-31-16(9-45)60-35(41(3,4)5)26(55)24(31)53/h11-40,42-58H,6-10H2,1-5H3/t11?,12?,13?,14?,15?,16?,17?,18-,19+,20+,21+,22+,23+,24-,25-,26?,27?,28?,29?,30-,31-,32+,33+,34?,35-,36+,37+,38+,39-,40+/m1/s1. The molecule has 0 spiro atoms. The Bertz CT molecular complexity index is 1580. The van der Waals surface area contributed by atoms with E-state index in [1.165, 1.54) is 13.8 Å². The summed E-state index contributed by atoms with van der Waals surface area (Å²) in [5.74, 6) is -1.22. The highest BCUT2D eigenvalue weighted by Gasteiger charge is 2.58. The van der Waals surface area contributed by atoms with E-state index >= 15 is 0 Å². The largest absolute Gasteiger partial charge is 0.394 e. The molecule has 6 rings (SSSR count). The van der Waals surface area contributed by atoms with Gasteiger partial charge in [-0.05, 0) is 12.3 Å². The smallest absolute Gasteiger partial charge is 0.187 e. The summed E-state index contributed by atoms with van der Waals surface area (Å²) in [7, 11) is 0. The molecule has 17 N–H and O–H groups in total. The topological polar surface area (TPSA) is 445 Å². The van der Waals surface area contributed by atoms with Crippen molar-refractivity contribution in [3.8, 4) is 0 Å². The fraction of sp³-hybridized carbons (Fsp3) is 1.00. The Morgan fingerprint density at radius 2 is 0.696 bits per heavy atom. The molecular weight excluding hydrogens is 940 g/mol. The Morgan fingerprint density at radius 1 is 0.319 bits per heavy atom. The van der Waals surface area contributed by atoms with Crippen LogP contribution in [0.15, 0.2) is 0 Å². The third-order valence-electron chi connectivity index (χ3n) is 13.6. The van der Waals surface area contributed by atoms with Gasteiger partial charge in [0.05, 0.1) is 51.3 Å². The SMILES string of the molecule is CC1O[C@@H](OC2[C@H](O[C@@H]3C(C)[C@H](O[C@@H]4C(O)[C@@H](O[C@H]5C(CO)O[C@@H](O[C@@H]6C(CO)O[C@@H](C(C)(C)C)C(O)[C@H]6O)C(O)[C@H]5O)OC(CO)[C@@H]4O)OC(CO)[C@@H]3O)OC(CO)[C@H](O)[C@@H]2O)C(O)[C@@H](O)[C@@H]1O. The molecule has 69 heavy (non-hydrogen) atoms. The van der Waals surface area contributed by atoms with Gasteiger partial charge >= 0.3 is 0 Å². The Labute approximate surface area is 395 Å². The number of ether oxygens (including phenoxy) is 11. The van der Waals surface area contributed by atoms with Crippen molar-refractivity contribution in [3.63, 3.8) is 0 Å². The van der Waals surface area contributed by atoms with Gasteiger partial charge in [0.25, 0.3) is 0 Å². The van der Waals surface area contributed by atoms with Crippen molar-refractivity contribution in [2.45, 2.75) is 213 Å². The van der Waals surface area contributed by atoms with Gasteiger partial charge in [0, 0.05) is 5.92 Å². The second kappa shape index (κ2) is 23.6. The molecule has 6 saturated heterocycles. The normalized spacial score (nSPS) is 52.4. The van der Waals surface area contributed by atoms with Gasteiger partial charge in [-0.1, -0.05) is 27.7 Å². The number of hydrogen-bond acceptors (Lipinski definition) is 28. The Balaban J connectivity index is 1.18. The van der Waals surface area contributed by atoms with Crippen molar-refractivity contribution in [1.82, 2.24) is 0 Å². The Morgan fingerprint density at radius 3 is 1.25 bits per heavy atom. The van der Waals surface area contributed by atoms with Crippen LogP contribution in [-0.2, 0) is 52.1 Å². The van der Waals surface area contributed by atoms with Gasteiger partial charge in [0.15, 0.2) is 31.5 Å². The summed E-state index contributed by atoms with van der Waals surface area (Å²) in [4.78, 5) is 0. The van der Waals surface area contributed by atoms with Crippen LogP contribution in [0.1, 0.15) is 34.6 Å². The number of rotatable bonds is 15. The quantitative estimate of drug-likeness (QED) is 0.0724. The van der Waals surface area contributed by atoms with Crippen LogP contribution in [0.3, 0.4) is 0 Å². The highest BCUT2D eigenvalue weighted by Crippen LogP contribution is 2.39. The van der Waals surface area contributed by atoms with Crippen molar-refractivity contribution in [2.75, 3.05) is 33.0 Å². The first-order valence-electron chi connectivity index (χ1n) is 22.8. The van der Waals surface area contributed by atoms with Gasteiger partial charge < -0.3 is 139 Å². The van der Waals surface area contributed by atoms with E-state index in [2.05, 4.69) is 0 Å². The molecule has 0 aliphatic carbocycles. The molecule has 0 saturated carbocycles. The summed E-state index contributed by atoms with van der Waals surface area (Å²) in [6.07, 6.45) is -49.2. The van der Waals surface area contributed by atoms with Gasteiger partial charge in [-0.25, -0.2) is 0 Å². The van der Waals surface area contributed by atoms with Crippen LogP contribution in [0.2, 0.25) is 0 Å². The van der Waals surface area contributed by atoms with E-state index in [4.69, 9.17) is 52.1 Å². The lowest BCUT2D eigenvalue weighted by atomic mass is 9.80. The fourth-order valence-corrected chi connectivity index (χ4v) is 9.41. The molecule has 404 valence electrons. The van der Waals surface area contributed by atoms with Crippen LogP contribution in [-0.4, -0.2) is 298 Å². The average molecular weight is 1010 g/mol. The van der Waals surface area contributed by atoms with E-state index in [0.717, 1.165) is 0 Å². The molecule has 0 aromatic heterocycles. The highest BCUT2D eigenvalue weighted by atomic mass is 16.8. The van der Waals surface area contributed by atoms with E-state index in [9.17, 15) is 86.8 Å². The van der Waals surface area contributed by atoms with Crippen LogP contribution >= 0.6 is 0 Å². The zero-order chi connectivity index (χ0) is 51.1. The van der Waals surface area contributed by atoms with Gasteiger partial charge in [0.2, 0.25) is 0 Å². The lowest BCUT2D eigenvalue weighted by molar-refractivity contribution is -0.396. The molecule has 6 heterocycles. The number of hydrogen-bond donors (Lipinski definition) is 17. The highest BCUT2D eigenvalue weighted by molar-refractivity contribution is 5.01. The van der Waals surface area contributed by atoms with Crippen molar-refractivity contribution in [1.29, 1.82) is 0 Å². The first-order valence-corrected chi connectivity index (χ1v) is 22.8. The fourth-order valence-electron chi connectivity index (χ4n) is 9.41. The minimum absolute atomic E-state index is 0.699. The van der Waals surface area contributed by atoms with Crippen LogP contribution < -0.4 is 0 Å². The van der Waals surface area contributed by atoms with Gasteiger partial charge in [0.1, 0.15) is 128 Å². The third kappa shape index (κ3) is 11.7. The monoisotopic (exact) mass is 1010 g/mol. The molecule has 0 bridgehead atoms. The summed E-state index contributed by atoms with van der Waals surface area (Å²) in [5, 5.41) is 183. The average Bonchev–Trinajstić information content (AvgIpc) is 3.31. The molecule has 6 fully saturated rings. The zero-order valence-corrected chi connectivity index (χ0v) is 38.4. The van der Waals surface area contributed by atoms with Crippen LogP contribution in [0.25, 0.3) is 0 Å². The summed E-state index contributed by atoms with van der Waals surface area (Å²) in [5.41, 5.74) is -0.699. The maximum absolute atomic E-state index is 11.7. The molecule has 0 aromatic rings. The predicted molar refractivity (Wildman–Crippen MR) is 218 cm³/mol. The third-order valence-corrected chi connectivity index (χ3v) is 13.6. The van der Waals surface area contributed by atoms with Gasteiger partial charge in [-0.3, -0.25) is 0 Å². The number of aliphatic hydroxyl groups excluding tert-OH is 17. The van der Waals surface area contributed by atoms with Crippen LogP contribution in [0.5, 0.6) is 0 Å². The second-order valence-electron chi connectivity index (χ2n) is 19.5. The molecule has 6 aliphatic heterocycles. The molecular formula is C41H72O28. The summed E-state index contributed by atoms with van der Waals surface area (Å²) >= 11 is 0.